The summed E-state index contributed by atoms with van der Waals surface area (Å²) in [6.07, 6.45) is 4.66. The number of benzene rings is 1. The van der Waals surface area contributed by atoms with Gasteiger partial charge < -0.3 is 25.3 Å². The molecule has 2 fully saturated rings. The van der Waals surface area contributed by atoms with Gasteiger partial charge in [0, 0.05) is 37.8 Å². The first-order valence-corrected chi connectivity index (χ1v) is 9.59. The lowest BCUT2D eigenvalue weighted by atomic mass is 9.73. The van der Waals surface area contributed by atoms with E-state index < -0.39 is 0 Å². The number of nitriles is 1. The van der Waals surface area contributed by atoms with Crippen LogP contribution in [-0.4, -0.2) is 67.2 Å². The van der Waals surface area contributed by atoms with Gasteiger partial charge in [-0.3, -0.25) is 5.41 Å². The summed E-state index contributed by atoms with van der Waals surface area (Å²) in [6.45, 7) is 5.69. The highest BCUT2D eigenvalue weighted by molar-refractivity contribution is 5.94. The SMILES string of the molecule is Cc1ccc(CC#N)cc1OCCNC(=O)N1CC2(CN(C(=N)/C=C\C=N)C2)C1. The molecule has 1 spiro atoms. The highest BCUT2D eigenvalue weighted by Gasteiger charge is 2.53. The lowest BCUT2D eigenvalue weighted by Crippen LogP contribution is -2.74. The number of allylic oxidation sites excluding steroid dienone is 1. The fourth-order valence-corrected chi connectivity index (χ4v) is 3.72. The van der Waals surface area contributed by atoms with E-state index >= 15 is 0 Å². The molecule has 3 rings (SSSR count). The van der Waals surface area contributed by atoms with E-state index in [0.29, 0.717) is 38.5 Å². The van der Waals surface area contributed by atoms with Crippen LogP contribution in [0.2, 0.25) is 0 Å². The molecular formula is C21H26N6O2. The van der Waals surface area contributed by atoms with Crippen LogP contribution >= 0.6 is 0 Å². The number of carbonyl (C=O) groups excluding carboxylic acids is 1. The standard InChI is InChI=1S/C21H26N6O2/c1-16-4-5-17(6-8-23)11-18(16)29-10-9-25-20(28)27-14-21(15-27)12-26(13-21)19(24)3-2-7-22/h2-5,7,11,22,24H,6,9-10,12-15H2,1H3,(H,25,28)/b3-2-,22-7?,24-19?. The molecule has 0 radical (unpaired) electrons. The summed E-state index contributed by atoms with van der Waals surface area (Å²) in [6, 6.07) is 7.76. The highest BCUT2D eigenvalue weighted by Crippen LogP contribution is 2.39. The molecule has 2 aliphatic rings. The summed E-state index contributed by atoms with van der Waals surface area (Å²) < 4.78 is 5.76. The Hall–Kier alpha value is -3.34. The molecule has 0 aromatic heterocycles. The van der Waals surface area contributed by atoms with E-state index in [4.69, 9.17) is 20.8 Å². The van der Waals surface area contributed by atoms with Crippen molar-refractivity contribution in [1.82, 2.24) is 15.1 Å². The van der Waals surface area contributed by atoms with Crippen LogP contribution in [0.5, 0.6) is 5.75 Å². The van der Waals surface area contributed by atoms with Crippen molar-refractivity contribution in [2.24, 2.45) is 5.41 Å². The number of amidine groups is 1. The first-order valence-electron chi connectivity index (χ1n) is 9.59. The molecule has 29 heavy (non-hydrogen) atoms. The van der Waals surface area contributed by atoms with Crippen molar-refractivity contribution in [3.8, 4) is 11.8 Å². The summed E-state index contributed by atoms with van der Waals surface area (Å²) in [5, 5.41) is 26.6. The number of ether oxygens (including phenoxy) is 1. The lowest BCUT2D eigenvalue weighted by molar-refractivity contribution is -0.0631. The third kappa shape index (κ3) is 4.74. The number of rotatable bonds is 7. The van der Waals surface area contributed by atoms with Crippen LogP contribution in [0.25, 0.3) is 0 Å². The van der Waals surface area contributed by atoms with E-state index in [-0.39, 0.29) is 11.4 Å². The smallest absolute Gasteiger partial charge is 0.317 e. The van der Waals surface area contributed by atoms with Crippen LogP contribution in [0.4, 0.5) is 4.79 Å². The molecule has 2 saturated heterocycles. The first-order chi connectivity index (χ1) is 14.0. The Bertz CT molecular complexity index is 858. The van der Waals surface area contributed by atoms with E-state index in [0.717, 1.165) is 36.2 Å². The average molecular weight is 394 g/mol. The Morgan fingerprint density at radius 1 is 1.34 bits per heavy atom. The maximum Gasteiger partial charge on any atom is 0.317 e. The minimum absolute atomic E-state index is 0.0913. The quantitative estimate of drug-likeness (QED) is 0.372. The second-order valence-corrected chi connectivity index (χ2v) is 7.64. The predicted molar refractivity (Wildman–Crippen MR) is 111 cm³/mol. The van der Waals surface area contributed by atoms with Gasteiger partial charge in [0.2, 0.25) is 0 Å². The number of amides is 2. The summed E-state index contributed by atoms with van der Waals surface area (Å²) in [7, 11) is 0. The zero-order valence-corrected chi connectivity index (χ0v) is 16.6. The Morgan fingerprint density at radius 3 is 2.76 bits per heavy atom. The van der Waals surface area contributed by atoms with Crippen LogP contribution in [-0.2, 0) is 6.42 Å². The Morgan fingerprint density at radius 2 is 2.07 bits per heavy atom. The van der Waals surface area contributed by atoms with E-state index in [2.05, 4.69) is 11.4 Å². The molecule has 0 atom stereocenters. The third-order valence-electron chi connectivity index (χ3n) is 5.25. The molecule has 2 amide bonds. The van der Waals surface area contributed by atoms with Gasteiger partial charge in [0.25, 0.3) is 0 Å². The molecule has 0 bridgehead atoms. The summed E-state index contributed by atoms with van der Waals surface area (Å²) in [4.78, 5) is 16.0. The van der Waals surface area contributed by atoms with Crippen molar-refractivity contribution in [1.29, 1.82) is 16.1 Å². The molecule has 3 N–H and O–H groups in total. The number of likely N-dealkylation sites (tertiary alicyclic amines) is 2. The van der Waals surface area contributed by atoms with Gasteiger partial charge in [-0.2, -0.15) is 5.26 Å². The van der Waals surface area contributed by atoms with E-state index in [1.807, 2.05) is 30.0 Å². The van der Waals surface area contributed by atoms with Crippen molar-refractivity contribution in [2.45, 2.75) is 13.3 Å². The van der Waals surface area contributed by atoms with E-state index in [1.165, 1.54) is 6.08 Å². The minimum Gasteiger partial charge on any atom is -0.491 e. The van der Waals surface area contributed by atoms with Crippen molar-refractivity contribution < 1.29 is 9.53 Å². The van der Waals surface area contributed by atoms with Gasteiger partial charge in [0.1, 0.15) is 18.2 Å². The van der Waals surface area contributed by atoms with Gasteiger partial charge in [0.15, 0.2) is 0 Å². The van der Waals surface area contributed by atoms with Gasteiger partial charge in [-0.05, 0) is 36.3 Å². The van der Waals surface area contributed by atoms with Crippen molar-refractivity contribution in [2.75, 3.05) is 39.3 Å². The molecule has 0 aliphatic carbocycles. The van der Waals surface area contributed by atoms with Gasteiger partial charge in [0.05, 0.1) is 19.0 Å². The maximum absolute atomic E-state index is 12.3. The van der Waals surface area contributed by atoms with Crippen molar-refractivity contribution in [3.05, 3.63) is 41.5 Å². The number of hydrogen-bond acceptors (Lipinski definition) is 5. The highest BCUT2D eigenvalue weighted by atomic mass is 16.5. The number of carbonyl (C=O) groups is 1. The second-order valence-electron chi connectivity index (χ2n) is 7.64. The fraction of sp³-hybridized carbons (Fsp3) is 0.429. The molecule has 1 aromatic carbocycles. The topological polar surface area (TPSA) is 116 Å². The van der Waals surface area contributed by atoms with Crippen LogP contribution in [0.3, 0.4) is 0 Å². The molecule has 0 unspecified atom stereocenters. The summed E-state index contributed by atoms with van der Waals surface area (Å²) in [5.41, 5.74) is 2.02. The third-order valence-corrected chi connectivity index (χ3v) is 5.25. The molecular weight excluding hydrogens is 368 g/mol. The van der Waals surface area contributed by atoms with Crippen molar-refractivity contribution in [3.63, 3.8) is 0 Å². The zero-order valence-electron chi connectivity index (χ0n) is 16.6. The Kier molecular flexibility index (Phi) is 6.17. The number of aryl methyl sites for hydroxylation is 1. The van der Waals surface area contributed by atoms with Gasteiger partial charge in [-0.1, -0.05) is 12.1 Å². The van der Waals surface area contributed by atoms with Crippen LogP contribution in [0.15, 0.2) is 30.4 Å². The van der Waals surface area contributed by atoms with Gasteiger partial charge >= 0.3 is 6.03 Å². The molecule has 2 aliphatic heterocycles. The Balaban J connectivity index is 1.35. The van der Waals surface area contributed by atoms with Gasteiger partial charge in [-0.25, -0.2) is 4.79 Å². The number of hydrogen-bond donors (Lipinski definition) is 3. The van der Waals surface area contributed by atoms with Crippen molar-refractivity contribution >= 4 is 18.1 Å². The number of nitrogens with one attached hydrogen (secondary N) is 3. The molecule has 1 aromatic rings. The van der Waals surface area contributed by atoms with Crippen LogP contribution in [0.1, 0.15) is 11.1 Å². The normalized spacial score (nSPS) is 16.7. The maximum atomic E-state index is 12.3. The monoisotopic (exact) mass is 394 g/mol. The molecule has 2 heterocycles. The van der Waals surface area contributed by atoms with Gasteiger partial charge in [-0.15, -0.1) is 0 Å². The number of urea groups is 1. The van der Waals surface area contributed by atoms with Crippen LogP contribution in [0, 0.1) is 34.5 Å². The Labute approximate surface area is 170 Å². The summed E-state index contributed by atoms with van der Waals surface area (Å²) in [5.74, 6) is 1.15. The zero-order chi connectivity index (χ0) is 20.9. The largest absolute Gasteiger partial charge is 0.491 e. The van der Waals surface area contributed by atoms with E-state index in [1.54, 1.807) is 11.0 Å². The minimum atomic E-state index is -0.0913. The second kappa shape index (κ2) is 8.78. The van der Waals surface area contributed by atoms with Crippen LogP contribution < -0.4 is 10.1 Å². The van der Waals surface area contributed by atoms with E-state index in [9.17, 15) is 4.79 Å². The average Bonchev–Trinajstić information content (AvgIpc) is 2.63. The number of nitrogens with zero attached hydrogens (tertiary/aromatic N) is 3. The molecule has 8 nitrogen and oxygen atoms in total. The molecule has 8 heteroatoms. The lowest BCUT2D eigenvalue weighted by Gasteiger charge is -2.60. The molecule has 0 saturated carbocycles. The summed E-state index contributed by atoms with van der Waals surface area (Å²) >= 11 is 0. The predicted octanol–water partition coefficient (Wildman–Crippen LogP) is 1.95. The first kappa shape index (κ1) is 20.4. The fourth-order valence-electron chi connectivity index (χ4n) is 3.72. The molecule has 152 valence electrons.